The van der Waals surface area contributed by atoms with E-state index in [2.05, 4.69) is 9.73 Å². The molecule has 9 heteroatoms. The molecule has 0 spiro atoms. The molecule has 1 unspecified atom stereocenters. The van der Waals surface area contributed by atoms with E-state index >= 15 is 0 Å². The SMILES string of the molecule is NCCC[C@@H](N)C(=O)OC(=O)C(N)CCCCN=C(N)N. The molecule has 0 amide bonds. The monoisotopic (exact) mass is 302 g/mol. The highest BCUT2D eigenvalue weighted by molar-refractivity contribution is 5.90. The van der Waals surface area contributed by atoms with Crippen molar-refractivity contribution in [1.29, 1.82) is 0 Å². The number of guanidine groups is 1. The van der Waals surface area contributed by atoms with Crippen molar-refractivity contribution in [1.82, 2.24) is 0 Å². The number of nitrogens with two attached hydrogens (primary N) is 5. The summed E-state index contributed by atoms with van der Waals surface area (Å²) in [4.78, 5) is 26.9. The number of carbonyl (C=O) groups excluding carboxylic acids is 2. The van der Waals surface area contributed by atoms with Gasteiger partial charge in [-0.2, -0.15) is 0 Å². The molecule has 0 fully saturated rings. The highest BCUT2D eigenvalue weighted by atomic mass is 16.6. The normalized spacial score (nSPS) is 13.3. The van der Waals surface area contributed by atoms with Gasteiger partial charge in [-0.05, 0) is 38.6 Å². The number of esters is 2. The molecule has 0 heterocycles. The van der Waals surface area contributed by atoms with E-state index in [1.54, 1.807) is 0 Å². The van der Waals surface area contributed by atoms with Crippen LogP contribution in [0.25, 0.3) is 0 Å². The van der Waals surface area contributed by atoms with Gasteiger partial charge in [-0.1, -0.05) is 0 Å². The molecule has 10 N–H and O–H groups in total. The number of aliphatic imine (C=N–C) groups is 1. The van der Waals surface area contributed by atoms with Crippen LogP contribution in [-0.2, 0) is 14.3 Å². The van der Waals surface area contributed by atoms with Gasteiger partial charge in [0.05, 0.1) is 0 Å². The topological polar surface area (TPSA) is 186 Å². The van der Waals surface area contributed by atoms with Crippen molar-refractivity contribution in [3.8, 4) is 0 Å². The first kappa shape index (κ1) is 19.3. The average molecular weight is 302 g/mol. The van der Waals surface area contributed by atoms with Crippen molar-refractivity contribution >= 4 is 17.9 Å². The third kappa shape index (κ3) is 9.77. The Morgan fingerprint density at radius 1 is 0.952 bits per heavy atom. The Bertz CT molecular complexity index is 357. The molecular formula is C12H26N6O3. The lowest BCUT2D eigenvalue weighted by Crippen LogP contribution is -2.39. The Morgan fingerprint density at radius 2 is 1.48 bits per heavy atom. The highest BCUT2D eigenvalue weighted by Crippen LogP contribution is 2.03. The lowest BCUT2D eigenvalue weighted by molar-refractivity contribution is -0.161. The van der Waals surface area contributed by atoms with Crippen LogP contribution in [0.1, 0.15) is 32.1 Å². The number of hydrogen-bond acceptors (Lipinski definition) is 7. The lowest BCUT2D eigenvalue weighted by atomic mass is 10.1. The fraction of sp³-hybridized carbons (Fsp3) is 0.750. The summed E-state index contributed by atoms with van der Waals surface area (Å²) >= 11 is 0. The maximum Gasteiger partial charge on any atom is 0.330 e. The van der Waals surface area contributed by atoms with Gasteiger partial charge < -0.3 is 33.4 Å². The number of nitrogens with zero attached hydrogens (tertiary/aromatic N) is 1. The first-order valence-corrected chi connectivity index (χ1v) is 6.90. The Hall–Kier alpha value is -1.71. The van der Waals surface area contributed by atoms with Crippen molar-refractivity contribution in [3.05, 3.63) is 0 Å². The quantitative estimate of drug-likeness (QED) is 0.0996. The van der Waals surface area contributed by atoms with Crippen molar-refractivity contribution in [3.63, 3.8) is 0 Å². The first-order valence-electron chi connectivity index (χ1n) is 6.90. The highest BCUT2D eigenvalue weighted by Gasteiger charge is 2.22. The van der Waals surface area contributed by atoms with Crippen molar-refractivity contribution in [2.24, 2.45) is 33.7 Å². The Labute approximate surface area is 124 Å². The standard InChI is InChI=1S/C12H26N6O3/c13-6-3-5-9(15)11(20)21-10(19)8(14)4-1-2-7-18-12(16)17/h8-9H,1-7,13-15H2,(H4,16,17,18)/t8?,9-/m1/s1. The molecule has 0 aromatic rings. The van der Waals surface area contributed by atoms with Crippen LogP contribution in [0.5, 0.6) is 0 Å². The predicted molar refractivity (Wildman–Crippen MR) is 79.9 cm³/mol. The van der Waals surface area contributed by atoms with Crippen LogP contribution in [0.15, 0.2) is 4.99 Å². The summed E-state index contributed by atoms with van der Waals surface area (Å²) in [6, 6.07) is -1.72. The smallest absolute Gasteiger partial charge is 0.330 e. The molecule has 122 valence electrons. The number of ether oxygens (including phenoxy) is 1. The van der Waals surface area contributed by atoms with E-state index < -0.39 is 24.0 Å². The zero-order chi connectivity index (χ0) is 16.3. The van der Waals surface area contributed by atoms with Gasteiger partial charge in [0.25, 0.3) is 0 Å². The molecule has 0 aliphatic heterocycles. The predicted octanol–water partition coefficient (Wildman–Crippen LogP) is -2.11. The summed E-state index contributed by atoms with van der Waals surface area (Å²) in [5.74, 6) is -1.52. The maximum absolute atomic E-state index is 11.6. The average Bonchev–Trinajstić information content (AvgIpc) is 2.43. The van der Waals surface area contributed by atoms with Gasteiger partial charge in [0.2, 0.25) is 0 Å². The van der Waals surface area contributed by atoms with E-state index in [4.69, 9.17) is 28.7 Å². The van der Waals surface area contributed by atoms with E-state index in [1.165, 1.54) is 0 Å². The van der Waals surface area contributed by atoms with Crippen molar-refractivity contribution in [2.75, 3.05) is 13.1 Å². The van der Waals surface area contributed by atoms with Gasteiger partial charge in [-0.3, -0.25) is 4.99 Å². The molecule has 0 aromatic heterocycles. The van der Waals surface area contributed by atoms with Crippen LogP contribution in [0.2, 0.25) is 0 Å². The lowest BCUT2D eigenvalue weighted by Gasteiger charge is -2.13. The van der Waals surface area contributed by atoms with E-state index in [9.17, 15) is 9.59 Å². The summed E-state index contributed by atoms with van der Waals surface area (Å²) in [6.45, 7) is 0.886. The van der Waals surface area contributed by atoms with Crippen LogP contribution >= 0.6 is 0 Å². The Kier molecular flexibility index (Phi) is 10.1. The molecule has 0 aliphatic rings. The van der Waals surface area contributed by atoms with Crippen LogP contribution in [0.4, 0.5) is 0 Å². The molecule has 0 bridgehead atoms. The maximum atomic E-state index is 11.6. The van der Waals surface area contributed by atoms with Crippen LogP contribution in [-0.4, -0.2) is 43.1 Å². The zero-order valence-corrected chi connectivity index (χ0v) is 12.2. The minimum Gasteiger partial charge on any atom is -0.391 e. The number of rotatable bonds is 10. The number of unbranched alkanes of at least 4 members (excludes halogenated alkanes) is 1. The molecule has 0 aliphatic carbocycles. The number of hydrogen-bond donors (Lipinski definition) is 5. The van der Waals surface area contributed by atoms with Crippen molar-refractivity contribution in [2.45, 2.75) is 44.2 Å². The second-order valence-electron chi connectivity index (χ2n) is 4.69. The molecule has 0 rings (SSSR count). The fourth-order valence-electron chi connectivity index (χ4n) is 1.51. The molecule has 0 saturated carbocycles. The van der Waals surface area contributed by atoms with E-state index in [-0.39, 0.29) is 5.96 Å². The van der Waals surface area contributed by atoms with Gasteiger partial charge in [0.15, 0.2) is 5.96 Å². The Morgan fingerprint density at radius 3 is 1.95 bits per heavy atom. The molecule has 0 aromatic carbocycles. The van der Waals surface area contributed by atoms with Gasteiger partial charge in [0, 0.05) is 6.54 Å². The molecule has 9 nitrogen and oxygen atoms in total. The molecule has 21 heavy (non-hydrogen) atoms. The minimum atomic E-state index is -0.866. The number of carbonyl (C=O) groups is 2. The first-order chi connectivity index (χ1) is 9.88. The summed E-state index contributed by atoms with van der Waals surface area (Å²) in [5.41, 5.74) is 26.8. The van der Waals surface area contributed by atoms with Crippen LogP contribution in [0.3, 0.4) is 0 Å². The molecule has 0 saturated heterocycles. The van der Waals surface area contributed by atoms with E-state index in [0.29, 0.717) is 45.2 Å². The summed E-state index contributed by atoms with van der Waals surface area (Å²) < 4.78 is 4.63. The van der Waals surface area contributed by atoms with Crippen LogP contribution < -0.4 is 28.7 Å². The molecular weight excluding hydrogens is 276 g/mol. The third-order valence-corrected chi connectivity index (χ3v) is 2.74. The van der Waals surface area contributed by atoms with E-state index in [0.717, 1.165) is 0 Å². The van der Waals surface area contributed by atoms with E-state index in [1.807, 2.05) is 0 Å². The van der Waals surface area contributed by atoms with Crippen LogP contribution in [0, 0.1) is 0 Å². The minimum absolute atomic E-state index is 0.0239. The largest absolute Gasteiger partial charge is 0.391 e. The second kappa shape index (κ2) is 11.0. The summed E-state index contributed by atoms with van der Waals surface area (Å²) in [7, 11) is 0. The summed E-state index contributed by atoms with van der Waals surface area (Å²) in [5, 5.41) is 0. The molecule has 0 radical (unpaired) electrons. The molecule has 2 atom stereocenters. The van der Waals surface area contributed by atoms with Crippen molar-refractivity contribution < 1.29 is 14.3 Å². The van der Waals surface area contributed by atoms with Gasteiger partial charge in [-0.15, -0.1) is 0 Å². The fourth-order valence-corrected chi connectivity index (χ4v) is 1.51. The Balaban J connectivity index is 3.93. The van der Waals surface area contributed by atoms with Gasteiger partial charge >= 0.3 is 11.9 Å². The summed E-state index contributed by atoms with van der Waals surface area (Å²) in [6.07, 6.45) is 2.66. The zero-order valence-electron chi connectivity index (χ0n) is 12.2. The third-order valence-electron chi connectivity index (χ3n) is 2.74. The van der Waals surface area contributed by atoms with Gasteiger partial charge in [-0.25, -0.2) is 9.59 Å². The van der Waals surface area contributed by atoms with Gasteiger partial charge in [0.1, 0.15) is 12.1 Å². The second-order valence-corrected chi connectivity index (χ2v) is 4.69.